The number of carbonyl (C=O) groups excluding carboxylic acids is 2. The molecule has 0 unspecified atom stereocenters. The van der Waals surface area contributed by atoms with E-state index in [1.165, 1.54) is 0 Å². The Balaban J connectivity index is 2.20. The second-order valence-electron chi connectivity index (χ2n) is 5.75. The van der Waals surface area contributed by atoms with Gasteiger partial charge in [-0.2, -0.15) is 0 Å². The summed E-state index contributed by atoms with van der Waals surface area (Å²) in [6, 6.07) is 15.7. The maximum atomic E-state index is 12.5. The number of hydrogen-bond acceptors (Lipinski definition) is 2. The fraction of sp³-hybridized carbons (Fsp3) is 0.263. The van der Waals surface area contributed by atoms with E-state index in [0.29, 0.717) is 19.3 Å². The van der Waals surface area contributed by atoms with E-state index in [1.54, 1.807) is 0 Å². The van der Waals surface area contributed by atoms with Crippen molar-refractivity contribution in [3.63, 3.8) is 0 Å². The molecular weight excluding hydrogens is 274 g/mol. The largest absolute Gasteiger partial charge is 0.369 e. The molecule has 1 aliphatic rings. The summed E-state index contributed by atoms with van der Waals surface area (Å²) in [4.78, 5) is 24.3. The van der Waals surface area contributed by atoms with Crippen LogP contribution in [0.2, 0.25) is 0 Å². The lowest BCUT2D eigenvalue weighted by molar-refractivity contribution is -0.123. The van der Waals surface area contributed by atoms with E-state index in [-0.39, 0.29) is 11.7 Å². The fourth-order valence-corrected chi connectivity index (χ4v) is 3.49. The number of hydrogen-bond donors (Lipinski definition) is 1. The van der Waals surface area contributed by atoms with Gasteiger partial charge in [-0.1, -0.05) is 55.5 Å². The summed E-state index contributed by atoms with van der Waals surface area (Å²) in [6.45, 7) is 1.84. The quantitative estimate of drug-likeness (QED) is 0.920. The topological polar surface area (TPSA) is 60.2 Å². The van der Waals surface area contributed by atoms with Gasteiger partial charge in [0.25, 0.3) is 0 Å². The molecule has 0 aliphatic heterocycles. The highest BCUT2D eigenvalue weighted by atomic mass is 16.1. The first kappa shape index (κ1) is 14.5. The molecule has 0 radical (unpaired) electrons. The monoisotopic (exact) mass is 293 g/mol. The van der Waals surface area contributed by atoms with Gasteiger partial charge in [0.15, 0.2) is 0 Å². The summed E-state index contributed by atoms with van der Waals surface area (Å²) in [5.41, 5.74) is 8.88. The number of amides is 1. The van der Waals surface area contributed by atoms with E-state index in [9.17, 15) is 9.59 Å². The average molecular weight is 293 g/mol. The van der Waals surface area contributed by atoms with Crippen molar-refractivity contribution in [1.29, 1.82) is 0 Å². The van der Waals surface area contributed by atoms with Gasteiger partial charge in [-0.25, -0.2) is 0 Å². The van der Waals surface area contributed by atoms with Crippen molar-refractivity contribution in [2.24, 2.45) is 5.73 Å². The highest BCUT2D eigenvalue weighted by Crippen LogP contribution is 2.51. The summed E-state index contributed by atoms with van der Waals surface area (Å²) < 4.78 is 0. The van der Waals surface area contributed by atoms with E-state index in [1.807, 2.05) is 55.5 Å². The third-order valence-corrected chi connectivity index (χ3v) is 4.66. The van der Waals surface area contributed by atoms with Gasteiger partial charge >= 0.3 is 0 Å². The van der Waals surface area contributed by atoms with E-state index in [0.717, 1.165) is 22.3 Å². The van der Waals surface area contributed by atoms with Gasteiger partial charge in [-0.3, -0.25) is 9.59 Å². The SMILES string of the molecule is CCC(=O)CCC1(C(N)=O)c2ccccc2-c2ccccc21. The number of ketones is 1. The molecule has 112 valence electrons. The van der Waals surface area contributed by atoms with E-state index in [4.69, 9.17) is 5.73 Å². The van der Waals surface area contributed by atoms with Crippen molar-refractivity contribution < 1.29 is 9.59 Å². The molecule has 0 bridgehead atoms. The Morgan fingerprint density at radius 1 is 0.955 bits per heavy atom. The summed E-state index contributed by atoms with van der Waals surface area (Å²) in [5, 5.41) is 0. The van der Waals surface area contributed by atoms with E-state index >= 15 is 0 Å². The number of benzene rings is 2. The summed E-state index contributed by atoms with van der Waals surface area (Å²) in [5.74, 6) is -0.226. The Morgan fingerprint density at radius 3 is 1.91 bits per heavy atom. The summed E-state index contributed by atoms with van der Waals surface area (Å²) in [6.07, 6.45) is 1.28. The second-order valence-corrected chi connectivity index (χ2v) is 5.75. The number of nitrogens with two attached hydrogens (primary N) is 1. The van der Waals surface area contributed by atoms with Crippen LogP contribution in [0.4, 0.5) is 0 Å². The van der Waals surface area contributed by atoms with Gasteiger partial charge < -0.3 is 5.73 Å². The van der Waals surface area contributed by atoms with Crippen molar-refractivity contribution in [2.75, 3.05) is 0 Å². The minimum Gasteiger partial charge on any atom is -0.369 e. The molecule has 3 heteroatoms. The lowest BCUT2D eigenvalue weighted by atomic mass is 9.73. The Hall–Kier alpha value is -2.42. The number of fused-ring (bicyclic) bond motifs is 3. The van der Waals surface area contributed by atoms with Crippen LogP contribution in [0, 0.1) is 0 Å². The van der Waals surface area contributed by atoms with Crippen LogP contribution in [-0.4, -0.2) is 11.7 Å². The molecule has 3 nitrogen and oxygen atoms in total. The Labute approximate surface area is 130 Å². The third kappa shape index (κ3) is 1.97. The molecule has 0 fully saturated rings. The van der Waals surface area contributed by atoms with Crippen molar-refractivity contribution in [2.45, 2.75) is 31.6 Å². The predicted octanol–water partition coefficient (Wildman–Crippen LogP) is 3.20. The van der Waals surface area contributed by atoms with Crippen molar-refractivity contribution >= 4 is 11.7 Å². The second kappa shape index (κ2) is 5.41. The van der Waals surface area contributed by atoms with Gasteiger partial charge in [0.2, 0.25) is 5.91 Å². The lowest BCUT2D eigenvalue weighted by Crippen LogP contribution is -2.41. The molecule has 2 aromatic carbocycles. The van der Waals surface area contributed by atoms with Crippen molar-refractivity contribution in [3.8, 4) is 11.1 Å². The van der Waals surface area contributed by atoms with Crippen molar-refractivity contribution in [1.82, 2.24) is 0 Å². The predicted molar refractivity (Wildman–Crippen MR) is 86.4 cm³/mol. The van der Waals surface area contributed by atoms with E-state index in [2.05, 4.69) is 0 Å². The van der Waals surface area contributed by atoms with Gasteiger partial charge in [0.05, 0.1) is 0 Å². The van der Waals surface area contributed by atoms with Crippen LogP contribution in [0.25, 0.3) is 11.1 Å². The fourth-order valence-electron chi connectivity index (χ4n) is 3.49. The molecule has 2 N–H and O–H groups in total. The first-order valence-corrected chi connectivity index (χ1v) is 7.62. The molecule has 0 atom stereocenters. The highest BCUT2D eigenvalue weighted by Gasteiger charge is 2.47. The van der Waals surface area contributed by atoms with E-state index < -0.39 is 5.41 Å². The minimum atomic E-state index is -0.891. The molecule has 1 amide bonds. The first-order chi connectivity index (χ1) is 10.6. The molecule has 0 spiro atoms. The number of carbonyl (C=O) groups is 2. The molecule has 0 heterocycles. The normalized spacial score (nSPS) is 14.2. The smallest absolute Gasteiger partial charge is 0.232 e. The Kier molecular flexibility index (Phi) is 3.57. The maximum absolute atomic E-state index is 12.5. The third-order valence-electron chi connectivity index (χ3n) is 4.66. The maximum Gasteiger partial charge on any atom is 0.232 e. The van der Waals surface area contributed by atoms with Gasteiger partial charge in [0.1, 0.15) is 11.2 Å². The first-order valence-electron chi connectivity index (χ1n) is 7.62. The minimum absolute atomic E-state index is 0.155. The number of primary amides is 1. The van der Waals surface area contributed by atoms with Crippen molar-refractivity contribution in [3.05, 3.63) is 59.7 Å². The van der Waals surface area contributed by atoms with Crippen LogP contribution in [-0.2, 0) is 15.0 Å². The van der Waals surface area contributed by atoms with Crippen LogP contribution < -0.4 is 5.73 Å². The molecule has 0 saturated heterocycles. The molecule has 3 rings (SSSR count). The van der Waals surface area contributed by atoms with Crippen LogP contribution in [0.15, 0.2) is 48.5 Å². The summed E-state index contributed by atoms with van der Waals surface area (Å²) in [7, 11) is 0. The number of Topliss-reactive ketones (excluding diaryl/α,β-unsaturated/α-hetero) is 1. The molecule has 2 aromatic rings. The lowest BCUT2D eigenvalue weighted by Gasteiger charge is -2.28. The highest BCUT2D eigenvalue weighted by molar-refractivity contribution is 6.00. The standard InChI is InChI=1S/C19H19NO2/c1-2-13(21)11-12-19(18(20)22)16-9-5-3-7-14(16)15-8-4-6-10-17(15)19/h3-10H,2,11-12H2,1H3,(H2,20,22). The Morgan fingerprint density at radius 2 is 1.45 bits per heavy atom. The average Bonchev–Trinajstić information content (AvgIpc) is 2.84. The molecule has 0 aromatic heterocycles. The van der Waals surface area contributed by atoms with Crippen LogP contribution in [0.1, 0.15) is 37.3 Å². The zero-order chi connectivity index (χ0) is 15.7. The zero-order valence-corrected chi connectivity index (χ0v) is 12.6. The van der Waals surface area contributed by atoms with Crippen LogP contribution in [0.5, 0.6) is 0 Å². The molecular formula is C19H19NO2. The molecule has 0 saturated carbocycles. The summed E-state index contributed by atoms with van der Waals surface area (Å²) >= 11 is 0. The molecule has 1 aliphatic carbocycles. The van der Waals surface area contributed by atoms with Crippen LogP contribution >= 0.6 is 0 Å². The molecule has 22 heavy (non-hydrogen) atoms. The van der Waals surface area contributed by atoms with Crippen LogP contribution in [0.3, 0.4) is 0 Å². The van der Waals surface area contributed by atoms with Gasteiger partial charge in [-0.15, -0.1) is 0 Å². The number of rotatable bonds is 5. The van der Waals surface area contributed by atoms with Gasteiger partial charge in [0, 0.05) is 12.8 Å². The van der Waals surface area contributed by atoms with Gasteiger partial charge in [-0.05, 0) is 28.7 Å². The zero-order valence-electron chi connectivity index (χ0n) is 12.6. The Bertz CT molecular complexity index is 703.